The highest BCUT2D eigenvalue weighted by Gasteiger charge is 2.22. The highest BCUT2D eigenvalue weighted by molar-refractivity contribution is 5.20. The Bertz CT molecular complexity index is 367. The van der Waals surface area contributed by atoms with Crippen LogP contribution in [0.4, 0.5) is 0 Å². The van der Waals surface area contributed by atoms with E-state index in [1.165, 1.54) is 0 Å². The molecule has 5 heteroatoms. The first-order valence-corrected chi connectivity index (χ1v) is 4.87. The topological polar surface area (TPSA) is 63.9 Å². The molecular formula is C9H16N4O. The van der Waals surface area contributed by atoms with Gasteiger partial charge < -0.3 is 15.3 Å². The molecule has 0 bridgehead atoms. The fourth-order valence-corrected chi connectivity index (χ4v) is 1.97. The van der Waals surface area contributed by atoms with Gasteiger partial charge in [-0.3, -0.25) is 9.89 Å². The molecule has 0 saturated carbocycles. The monoisotopic (exact) mass is 196 g/mol. The lowest BCUT2D eigenvalue weighted by Gasteiger charge is -2.30. The number of aryl methyl sites for hydroxylation is 1. The number of aromatic amines is 2. The van der Waals surface area contributed by atoms with Crippen molar-refractivity contribution in [2.24, 2.45) is 0 Å². The molecule has 5 nitrogen and oxygen atoms in total. The average molecular weight is 196 g/mol. The van der Waals surface area contributed by atoms with Gasteiger partial charge in [0.05, 0.1) is 11.6 Å². The first kappa shape index (κ1) is 9.48. The van der Waals surface area contributed by atoms with Crippen molar-refractivity contribution < 1.29 is 0 Å². The molecule has 2 heterocycles. The number of nitrogens with zero attached hydrogens (tertiary/aromatic N) is 1. The van der Waals surface area contributed by atoms with Crippen molar-refractivity contribution in [2.75, 3.05) is 26.7 Å². The Hall–Kier alpha value is -1.07. The number of aromatic nitrogens is 2. The van der Waals surface area contributed by atoms with E-state index in [1.807, 2.05) is 6.92 Å². The molecule has 0 amide bonds. The highest BCUT2D eigenvalue weighted by atomic mass is 16.1. The van der Waals surface area contributed by atoms with Crippen LogP contribution in [0.2, 0.25) is 0 Å². The first-order valence-electron chi connectivity index (χ1n) is 4.87. The zero-order valence-corrected chi connectivity index (χ0v) is 8.55. The summed E-state index contributed by atoms with van der Waals surface area (Å²) in [5, 5.41) is 8.81. The molecule has 0 aromatic carbocycles. The van der Waals surface area contributed by atoms with Crippen LogP contribution in [0.15, 0.2) is 4.79 Å². The van der Waals surface area contributed by atoms with Crippen molar-refractivity contribution in [3.8, 4) is 0 Å². The minimum atomic E-state index is -0.00435. The fourth-order valence-electron chi connectivity index (χ4n) is 1.97. The maximum Gasteiger partial charge on any atom is 0.268 e. The normalized spacial score (nSPS) is 24.0. The van der Waals surface area contributed by atoms with Crippen molar-refractivity contribution in [1.82, 2.24) is 20.4 Å². The Morgan fingerprint density at radius 2 is 2.21 bits per heavy atom. The second-order valence-electron chi connectivity index (χ2n) is 3.89. The summed E-state index contributed by atoms with van der Waals surface area (Å²) in [6, 6.07) is 0.156. The third kappa shape index (κ3) is 1.60. The zero-order chi connectivity index (χ0) is 10.1. The van der Waals surface area contributed by atoms with E-state index in [1.54, 1.807) is 0 Å². The molecule has 1 unspecified atom stereocenters. The van der Waals surface area contributed by atoms with Crippen LogP contribution in [0, 0.1) is 6.92 Å². The molecule has 1 fully saturated rings. The van der Waals surface area contributed by atoms with E-state index < -0.39 is 0 Å². The van der Waals surface area contributed by atoms with Crippen molar-refractivity contribution in [3.63, 3.8) is 0 Å². The molecule has 1 aliphatic rings. The molecule has 1 aromatic rings. The third-order valence-electron chi connectivity index (χ3n) is 2.74. The van der Waals surface area contributed by atoms with Crippen LogP contribution in [0.25, 0.3) is 0 Å². The van der Waals surface area contributed by atoms with Crippen LogP contribution in [-0.2, 0) is 0 Å². The number of H-pyrrole nitrogens is 2. The summed E-state index contributed by atoms with van der Waals surface area (Å²) in [5.41, 5.74) is 1.77. The maximum atomic E-state index is 11.5. The summed E-state index contributed by atoms with van der Waals surface area (Å²) < 4.78 is 0. The van der Waals surface area contributed by atoms with Crippen molar-refractivity contribution in [3.05, 3.63) is 21.6 Å². The van der Waals surface area contributed by atoms with Crippen LogP contribution in [0.5, 0.6) is 0 Å². The lowest BCUT2D eigenvalue weighted by atomic mass is 10.1. The second-order valence-corrected chi connectivity index (χ2v) is 3.89. The Kier molecular flexibility index (Phi) is 2.43. The van der Waals surface area contributed by atoms with Gasteiger partial charge in [-0.2, -0.15) is 0 Å². The third-order valence-corrected chi connectivity index (χ3v) is 2.74. The SMILES string of the molecule is Cc1[nH][nH]c(=O)c1C1CN(C)CCN1. The number of likely N-dealkylation sites (N-methyl/N-ethyl adjacent to an activating group) is 1. The van der Waals surface area contributed by atoms with E-state index in [2.05, 4.69) is 27.5 Å². The molecule has 0 spiro atoms. The number of hydrogen-bond acceptors (Lipinski definition) is 3. The Labute approximate surface area is 82.5 Å². The zero-order valence-electron chi connectivity index (χ0n) is 8.55. The number of rotatable bonds is 1. The summed E-state index contributed by atoms with van der Waals surface area (Å²) in [6.07, 6.45) is 0. The van der Waals surface area contributed by atoms with Crippen LogP contribution < -0.4 is 10.9 Å². The Morgan fingerprint density at radius 3 is 2.79 bits per heavy atom. The van der Waals surface area contributed by atoms with Crippen LogP contribution in [-0.4, -0.2) is 41.8 Å². The lowest BCUT2D eigenvalue weighted by molar-refractivity contribution is 0.240. The molecule has 3 N–H and O–H groups in total. The van der Waals surface area contributed by atoms with Gasteiger partial charge in [0.2, 0.25) is 0 Å². The lowest BCUT2D eigenvalue weighted by Crippen LogP contribution is -2.45. The quantitative estimate of drug-likeness (QED) is 0.572. The van der Waals surface area contributed by atoms with Crippen LogP contribution in [0.3, 0.4) is 0 Å². The number of nitrogens with one attached hydrogen (secondary N) is 3. The van der Waals surface area contributed by atoms with Gasteiger partial charge in [0.1, 0.15) is 0 Å². The molecule has 0 radical (unpaired) electrons. The van der Waals surface area contributed by atoms with Gasteiger partial charge in [-0.05, 0) is 14.0 Å². The predicted molar refractivity (Wildman–Crippen MR) is 54.4 cm³/mol. The molecule has 0 aliphatic carbocycles. The minimum Gasteiger partial charge on any atom is -0.307 e. The molecule has 1 aromatic heterocycles. The first-order chi connectivity index (χ1) is 6.68. The molecule has 1 aliphatic heterocycles. The molecule has 1 atom stereocenters. The van der Waals surface area contributed by atoms with E-state index in [0.29, 0.717) is 0 Å². The van der Waals surface area contributed by atoms with Crippen LogP contribution >= 0.6 is 0 Å². The molecule has 1 saturated heterocycles. The minimum absolute atomic E-state index is 0.00435. The van der Waals surface area contributed by atoms with E-state index in [4.69, 9.17) is 0 Å². The maximum absolute atomic E-state index is 11.5. The summed E-state index contributed by atoms with van der Waals surface area (Å²) in [5.74, 6) is 0. The van der Waals surface area contributed by atoms with E-state index in [-0.39, 0.29) is 11.6 Å². The summed E-state index contributed by atoms with van der Waals surface area (Å²) in [6.45, 7) is 4.79. The molecule has 14 heavy (non-hydrogen) atoms. The van der Waals surface area contributed by atoms with E-state index in [0.717, 1.165) is 30.9 Å². The van der Waals surface area contributed by atoms with Crippen molar-refractivity contribution >= 4 is 0 Å². The van der Waals surface area contributed by atoms with Crippen molar-refractivity contribution in [2.45, 2.75) is 13.0 Å². The average Bonchev–Trinajstić information content (AvgIpc) is 2.46. The van der Waals surface area contributed by atoms with Gasteiger partial charge in [0, 0.05) is 25.3 Å². The smallest absolute Gasteiger partial charge is 0.268 e. The van der Waals surface area contributed by atoms with Crippen molar-refractivity contribution in [1.29, 1.82) is 0 Å². The van der Waals surface area contributed by atoms with Gasteiger partial charge in [-0.25, -0.2) is 0 Å². The summed E-state index contributed by atoms with van der Waals surface area (Å²) >= 11 is 0. The standard InChI is InChI=1S/C9H16N4O/c1-6-8(9(14)12-11-6)7-5-13(2)4-3-10-7/h7,10H,3-5H2,1-2H3,(H2,11,12,14). The predicted octanol–water partition coefficient (Wildman–Crippen LogP) is -0.412. The van der Waals surface area contributed by atoms with Gasteiger partial charge in [0.25, 0.3) is 5.56 Å². The Balaban J connectivity index is 2.26. The van der Waals surface area contributed by atoms with Crippen LogP contribution in [0.1, 0.15) is 17.3 Å². The molecule has 2 rings (SSSR count). The number of hydrogen-bond donors (Lipinski definition) is 3. The van der Waals surface area contributed by atoms with Gasteiger partial charge in [0.15, 0.2) is 0 Å². The highest BCUT2D eigenvalue weighted by Crippen LogP contribution is 2.14. The van der Waals surface area contributed by atoms with Gasteiger partial charge in [-0.1, -0.05) is 0 Å². The Morgan fingerprint density at radius 1 is 1.43 bits per heavy atom. The summed E-state index contributed by atoms with van der Waals surface area (Å²) in [4.78, 5) is 13.7. The van der Waals surface area contributed by atoms with E-state index >= 15 is 0 Å². The fraction of sp³-hybridized carbons (Fsp3) is 0.667. The second kappa shape index (κ2) is 3.59. The molecule has 78 valence electrons. The largest absolute Gasteiger partial charge is 0.307 e. The molecular weight excluding hydrogens is 180 g/mol. The van der Waals surface area contributed by atoms with Gasteiger partial charge >= 0.3 is 0 Å². The van der Waals surface area contributed by atoms with Gasteiger partial charge in [-0.15, -0.1) is 0 Å². The summed E-state index contributed by atoms with van der Waals surface area (Å²) in [7, 11) is 2.07. The van der Waals surface area contributed by atoms with E-state index in [9.17, 15) is 4.79 Å². The number of piperazine rings is 1.